The second kappa shape index (κ2) is 8.61. The molecule has 1 aromatic carbocycles. The number of benzene rings is 1. The smallest absolute Gasteiger partial charge is 0.273 e. The number of ketones is 1. The van der Waals surface area contributed by atoms with Crippen molar-refractivity contribution in [2.24, 2.45) is 0 Å². The van der Waals surface area contributed by atoms with Crippen molar-refractivity contribution in [2.75, 3.05) is 6.54 Å². The number of phenolic OH excluding ortho intramolecular Hbond substituents is 1. The lowest BCUT2D eigenvalue weighted by Gasteiger charge is -2.29. The molecule has 4 rings (SSSR count). The molecule has 0 radical (unpaired) electrons. The van der Waals surface area contributed by atoms with Crippen molar-refractivity contribution < 1.29 is 19.1 Å². The van der Waals surface area contributed by atoms with E-state index in [2.05, 4.69) is 4.98 Å². The number of likely N-dealkylation sites (tertiary alicyclic amines) is 1. The van der Waals surface area contributed by atoms with Gasteiger partial charge in [0.05, 0.1) is 6.26 Å². The van der Waals surface area contributed by atoms with Gasteiger partial charge >= 0.3 is 0 Å². The van der Waals surface area contributed by atoms with E-state index in [0.29, 0.717) is 18.0 Å². The summed E-state index contributed by atoms with van der Waals surface area (Å²) < 4.78 is 5.23. The number of nitrogens with zero attached hydrogens (tertiary/aromatic N) is 2. The van der Waals surface area contributed by atoms with Crippen LogP contribution in [0.1, 0.15) is 53.1 Å². The Morgan fingerprint density at radius 3 is 2.76 bits per heavy atom. The Morgan fingerprint density at radius 2 is 2.00 bits per heavy atom. The van der Waals surface area contributed by atoms with Crippen LogP contribution in [0.5, 0.6) is 5.75 Å². The fourth-order valence-electron chi connectivity index (χ4n) is 3.66. The molecule has 1 aliphatic heterocycles. The van der Waals surface area contributed by atoms with Gasteiger partial charge in [0, 0.05) is 30.0 Å². The minimum atomic E-state index is -0.151. The van der Waals surface area contributed by atoms with E-state index in [1.165, 1.54) is 17.6 Å². The summed E-state index contributed by atoms with van der Waals surface area (Å²) in [6.45, 7) is 0.626. The SMILES string of the molecule is O=C(CC1CCCCCN1C(=O)c1csc(-c2ccc(O)cc2)n1)c1ccco1. The van der Waals surface area contributed by atoms with Gasteiger partial charge < -0.3 is 14.4 Å². The third-order valence-electron chi connectivity index (χ3n) is 5.19. The first-order valence-corrected chi connectivity index (χ1v) is 10.6. The van der Waals surface area contributed by atoms with Gasteiger partial charge in [-0.05, 0) is 49.2 Å². The monoisotopic (exact) mass is 410 g/mol. The van der Waals surface area contributed by atoms with E-state index in [1.807, 2.05) is 4.90 Å². The largest absolute Gasteiger partial charge is 0.508 e. The number of aromatic hydroxyl groups is 1. The highest BCUT2D eigenvalue weighted by Crippen LogP contribution is 2.28. The number of Topliss-reactive ketones (excluding diaryl/α,β-unsaturated/α-hetero) is 1. The quantitative estimate of drug-likeness (QED) is 0.613. The number of carbonyl (C=O) groups is 2. The van der Waals surface area contributed by atoms with Crippen LogP contribution in [-0.4, -0.2) is 39.3 Å². The van der Waals surface area contributed by atoms with Crippen molar-refractivity contribution in [2.45, 2.75) is 38.1 Å². The second-order valence-corrected chi connectivity index (χ2v) is 8.05. The number of aromatic nitrogens is 1. The lowest BCUT2D eigenvalue weighted by Crippen LogP contribution is -2.41. The Balaban J connectivity index is 1.53. The third kappa shape index (κ3) is 4.40. The number of hydrogen-bond donors (Lipinski definition) is 1. The Kier molecular flexibility index (Phi) is 5.76. The number of hydrogen-bond acceptors (Lipinski definition) is 6. The van der Waals surface area contributed by atoms with Gasteiger partial charge in [-0.25, -0.2) is 4.98 Å². The molecule has 2 aromatic heterocycles. The summed E-state index contributed by atoms with van der Waals surface area (Å²) in [6.07, 6.45) is 5.51. The molecular formula is C22H22N2O4S. The van der Waals surface area contributed by atoms with E-state index < -0.39 is 0 Å². The fourth-order valence-corrected chi connectivity index (χ4v) is 4.46. The van der Waals surface area contributed by atoms with Crippen molar-refractivity contribution in [1.82, 2.24) is 9.88 Å². The predicted octanol–water partition coefficient (Wildman–Crippen LogP) is 4.77. The molecule has 0 saturated carbocycles. The molecule has 6 nitrogen and oxygen atoms in total. The van der Waals surface area contributed by atoms with Gasteiger partial charge in [-0.15, -0.1) is 11.3 Å². The van der Waals surface area contributed by atoms with Crippen LogP contribution in [0.2, 0.25) is 0 Å². The van der Waals surface area contributed by atoms with Crippen LogP contribution in [0.3, 0.4) is 0 Å². The molecule has 1 N–H and O–H groups in total. The van der Waals surface area contributed by atoms with Crippen LogP contribution in [-0.2, 0) is 0 Å². The van der Waals surface area contributed by atoms with E-state index in [4.69, 9.17) is 4.42 Å². The van der Waals surface area contributed by atoms with E-state index >= 15 is 0 Å². The highest BCUT2D eigenvalue weighted by Gasteiger charge is 2.30. The maximum Gasteiger partial charge on any atom is 0.273 e. The Labute approximate surface area is 172 Å². The Morgan fingerprint density at radius 1 is 1.17 bits per heavy atom. The number of amides is 1. The lowest BCUT2D eigenvalue weighted by atomic mass is 10.0. The average molecular weight is 410 g/mol. The van der Waals surface area contributed by atoms with Crippen LogP contribution in [0.4, 0.5) is 0 Å². The number of rotatable bonds is 5. The molecule has 3 aromatic rings. The zero-order valence-corrected chi connectivity index (χ0v) is 16.7. The van der Waals surface area contributed by atoms with E-state index in [-0.39, 0.29) is 29.9 Å². The molecule has 1 atom stereocenters. The maximum absolute atomic E-state index is 13.2. The van der Waals surface area contributed by atoms with Crippen LogP contribution in [0.25, 0.3) is 10.6 Å². The van der Waals surface area contributed by atoms with Crippen LogP contribution in [0, 0.1) is 0 Å². The van der Waals surface area contributed by atoms with Gasteiger partial charge in [0.1, 0.15) is 16.5 Å². The van der Waals surface area contributed by atoms with E-state index in [1.54, 1.807) is 41.8 Å². The third-order valence-corrected chi connectivity index (χ3v) is 6.08. The van der Waals surface area contributed by atoms with Crippen molar-refractivity contribution in [3.8, 4) is 16.3 Å². The van der Waals surface area contributed by atoms with Gasteiger partial charge in [0.2, 0.25) is 0 Å². The molecule has 1 fully saturated rings. The van der Waals surface area contributed by atoms with Crippen molar-refractivity contribution >= 4 is 23.0 Å². The average Bonchev–Trinajstić information content (AvgIpc) is 3.38. The lowest BCUT2D eigenvalue weighted by molar-refractivity contribution is 0.0651. The molecule has 1 unspecified atom stereocenters. The van der Waals surface area contributed by atoms with E-state index in [0.717, 1.165) is 36.3 Å². The summed E-state index contributed by atoms with van der Waals surface area (Å²) in [5, 5.41) is 11.9. The van der Waals surface area contributed by atoms with Crippen molar-refractivity contribution in [1.29, 1.82) is 0 Å². The van der Waals surface area contributed by atoms with Crippen molar-refractivity contribution in [3.63, 3.8) is 0 Å². The first-order valence-electron chi connectivity index (χ1n) is 9.74. The van der Waals surface area contributed by atoms with Crippen LogP contribution < -0.4 is 0 Å². The molecule has 1 amide bonds. The first kappa shape index (κ1) is 19.4. The minimum absolute atomic E-state index is 0.0808. The molecule has 29 heavy (non-hydrogen) atoms. The van der Waals surface area contributed by atoms with Gasteiger partial charge in [-0.3, -0.25) is 9.59 Å². The van der Waals surface area contributed by atoms with Gasteiger partial charge in [0.25, 0.3) is 5.91 Å². The summed E-state index contributed by atoms with van der Waals surface area (Å²) in [6, 6.07) is 9.96. The topological polar surface area (TPSA) is 83.6 Å². The minimum Gasteiger partial charge on any atom is -0.508 e. The number of phenols is 1. The second-order valence-electron chi connectivity index (χ2n) is 7.19. The molecule has 150 valence electrons. The Bertz CT molecular complexity index is 979. The number of carbonyl (C=O) groups excluding carboxylic acids is 2. The van der Waals surface area contributed by atoms with Gasteiger partial charge in [-0.2, -0.15) is 0 Å². The molecular weight excluding hydrogens is 388 g/mol. The summed E-state index contributed by atoms with van der Waals surface area (Å²) >= 11 is 1.40. The normalized spacial score (nSPS) is 17.1. The molecule has 1 saturated heterocycles. The summed E-state index contributed by atoms with van der Waals surface area (Å²) in [5.74, 6) is 0.313. The maximum atomic E-state index is 13.2. The molecule has 3 heterocycles. The highest BCUT2D eigenvalue weighted by molar-refractivity contribution is 7.13. The summed E-state index contributed by atoms with van der Waals surface area (Å²) in [4.78, 5) is 32.1. The standard InChI is InChI=1S/C22H22N2O4S/c25-17-9-7-15(8-10-17)21-23-18(14-29-21)22(27)24-11-3-1-2-5-16(24)13-19(26)20-6-4-12-28-20/h4,6-10,12,14,16,25H,1-3,5,11,13H2. The van der Waals surface area contributed by atoms with Crippen LogP contribution in [0.15, 0.2) is 52.5 Å². The summed E-state index contributed by atoms with van der Waals surface area (Å²) in [5.41, 5.74) is 1.25. The Hall–Kier alpha value is -2.93. The summed E-state index contributed by atoms with van der Waals surface area (Å²) in [7, 11) is 0. The molecule has 0 bridgehead atoms. The first-order chi connectivity index (χ1) is 14.1. The number of thiazole rings is 1. The fraction of sp³-hybridized carbons (Fsp3) is 0.318. The molecule has 1 aliphatic rings. The highest BCUT2D eigenvalue weighted by atomic mass is 32.1. The van der Waals surface area contributed by atoms with Gasteiger partial charge in [0.15, 0.2) is 11.5 Å². The van der Waals surface area contributed by atoms with Crippen LogP contribution >= 0.6 is 11.3 Å². The molecule has 0 spiro atoms. The van der Waals surface area contributed by atoms with Gasteiger partial charge in [-0.1, -0.05) is 12.8 Å². The zero-order chi connectivity index (χ0) is 20.2. The van der Waals surface area contributed by atoms with Crippen molar-refractivity contribution in [3.05, 3.63) is 59.5 Å². The molecule has 0 aliphatic carbocycles. The zero-order valence-electron chi connectivity index (χ0n) is 15.9. The van der Waals surface area contributed by atoms with E-state index in [9.17, 15) is 14.7 Å². The molecule has 7 heteroatoms. The predicted molar refractivity (Wildman–Crippen MR) is 110 cm³/mol. The number of furan rings is 1.